The molecule has 0 N–H and O–H groups in total. The number of rotatable bonds is 6. The molecule has 7 rings (SSSR count). The van der Waals surface area contributed by atoms with Crippen molar-refractivity contribution in [1.29, 1.82) is 0 Å². The standard InChI is InChI=1S/C39H28N4/c1-27-17-18-34(26-40-27)39-42-37(31-15-9-4-10-16-31)41-38(43-39)32-21-19-30(20-22-32)35-24-23-33(28-11-5-2-6-12-28)25-36(35)29-13-7-3-8-14-29/h2-26H,1H3. The summed E-state index contributed by atoms with van der Waals surface area (Å²) in [5, 5.41) is 0. The molecule has 0 unspecified atom stereocenters. The molecule has 0 radical (unpaired) electrons. The van der Waals surface area contributed by atoms with Gasteiger partial charge in [-0.05, 0) is 58.5 Å². The van der Waals surface area contributed by atoms with Crippen LogP contribution >= 0.6 is 0 Å². The number of hydrogen-bond donors (Lipinski definition) is 0. The highest BCUT2D eigenvalue weighted by Gasteiger charge is 2.14. The Hall–Kier alpha value is -5.74. The number of aromatic nitrogens is 4. The fourth-order valence-corrected chi connectivity index (χ4v) is 5.21. The van der Waals surface area contributed by atoms with Crippen molar-refractivity contribution >= 4 is 0 Å². The predicted molar refractivity (Wildman–Crippen MR) is 175 cm³/mol. The first-order chi connectivity index (χ1) is 21.2. The average Bonchev–Trinajstić information content (AvgIpc) is 3.09. The summed E-state index contributed by atoms with van der Waals surface area (Å²) in [4.78, 5) is 19.0. The van der Waals surface area contributed by atoms with Crippen LogP contribution < -0.4 is 0 Å². The van der Waals surface area contributed by atoms with Gasteiger partial charge in [0.2, 0.25) is 0 Å². The third kappa shape index (κ3) is 5.59. The summed E-state index contributed by atoms with van der Waals surface area (Å²) < 4.78 is 0. The average molecular weight is 553 g/mol. The van der Waals surface area contributed by atoms with E-state index in [-0.39, 0.29) is 0 Å². The minimum Gasteiger partial charge on any atom is -0.261 e. The highest BCUT2D eigenvalue weighted by molar-refractivity contribution is 5.87. The van der Waals surface area contributed by atoms with Crippen LogP contribution in [-0.2, 0) is 0 Å². The molecule has 2 heterocycles. The second-order valence-corrected chi connectivity index (χ2v) is 10.4. The molecule has 2 aromatic heterocycles. The maximum atomic E-state index is 4.89. The van der Waals surface area contributed by atoms with Gasteiger partial charge >= 0.3 is 0 Å². The molecule has 4 nitrogen and oxygen atoms in total. The summed E-state index contributed by atoms with van der Waals surface area (Å²) in [5.74, 6) is 1.86. The third-order valence-corrected chi connectivity index (χ3v) is 7.50. The molecular weight excluding hydrogens is 524 g/mol. The molecule has 0 saturated heterocycles. The van der Waals surface area contributed by atoms with Crippen molar-refractivity contribution in [2.75, 3.05) is 0 Å². The van der Waals surface area contributed by atoms with E-state index in [2.05, 4.69) is 102 Å². The molecule has 7 aromatic rings. The van der Waals surface area contributed by atoms with Gasteiger partial charge in [-0.2, -0.15) is 0 Å². The second kappa shape index (κ2) is 11.6. The van der Waals surface area contributed by atoms with E-state index in [9.17, 15) is 0 Å². The molecule has 4 heteroatoms. The van der Waals surface area contributed by atoms with Gasteiger partial charge in [-0.15, -0.1) is 0 Å². The molecule has 43 heavy (non-hydrogen) atoms. The van der Waals surface area contributed by atoms with E-state index in [4.69, 9.17) is 15.0 Å². The van der Waals surface area contributed by atoms with Crippen LogP contribution in [0, 0.1) is 6.92 Å². The Labute approximate surface area is 251 Å². The topological polar surface area (TPSA) is 51.6 Å². The Balaban J connectivity index is 1.31. The molecule has 0 saturated carbocycles. The van der Waals surface area contributed by atoms with Crippen LogP contribution in [-0.4, -0.2) is 19.9 Å². The summed E-state index contributed by atoms with van der Waals surface area (Å²) in [6.45, 7) is 1.97. The number of pyridine rings is 1. The zero-order valence-electron chi connectivity index (χ0n) is 23.7. The first-order valence-corrected chi connectivity index (χ1v) is 14.3. The van der Waals surface area contributed by atoms with E-state index in [1.165, 1.54) is 27.8 Å². The van der Waals surface area contributed by atoms with Gasteiger partial charge in [0.25, 0.3) is 0 Å². The molecule has 0 fully saturated rings. The lowest BCUT2D eigenvalue weighted by molar-refractivity contribution is 1.07. The normalized spacial score (nSPS) is 10.9. The zero-order valence-corrected chi connectivity index (χ0v) is 23.7. The van der Waals surface area contributed by atoms with Crippen LogP contribution in [0.2, 0.25) is 0 Å². The van der Waals surface area contributed by atoms with E-state index < -0.39 is 0 Å². The minimum absolute atomic E-state index is 0.600. The summed E-state index contributed by atoms with van der Waals surface area (Å²) in [6, 6.07) is 50.3. The lowest BCUT2D eigenvalue weighted by atomic mass is 9.91. The van der Waals surface area contributed by atoms with Crippen molar-refractivity contribution in [1.82, 2.24) is 19.9 Å². The van der Waals surface area contributed by atoms with Gasteiger partial charge in [0, 0.05) is 28.6 Å². The summed E-state index contributed by atoms with van der Waals surface area (Å²) >= 11 is 0. The van der Waals surface area contributed by atoms with E-state index >= 15 is 0 Å². The molecule has 0 aliphatic heterocycles. The minimum atomic E-state index is 0.600. The van der Waals surface area contributed by atoms with Gasteiger partial charge in [-0.3, -0.25) is 4.98 Å². The summed E-state index contributed by atoms with van der Waals surface area (Å²) in [6.07, 6.45) is 1.82. The van der Waals surface area contributed by atoms with Gasteiger partial charge < -0.3 is 0 Å². The number of aryl methyl sites for hydroxylation is 1. The molecule has 0 aliphatic carbocycles. The lowest BCUT2D eigenvalue weighted by Crippen LogP contribution is -2.00. The van der Waals surface area contributed by atoms with Crippen LogP contribution in [0.1, 0.15) is 5.69 Å². The Bertz CT molecular complexity index is 1990. The quantitative estimate of drug-likeness (QED) is 0.206. The molecule has 0 aliphatic rings. The summed E-state index contributed by atoms with van der Waals surface area (Å²) in [5.41, 5.74) is 10.7. The molecule has 0 bridgehead atoms. The van der Waals surface area contributed by atoms with Crippen LogP contribution in [0.15, 0.2) is 152 Å². The Morgan fingerprint density at radius 1 is 0.349 bits per heavy atom. The maximum Gasteiger partial charge on any atom is 0.165 e. The highest BCUT2D eigenvalue weighted by atomic mass is 15.0. The van der Waals surface area contributed by atoms with Crippen LogP contribution in [0.4, 0.5) is 0 Å². The van der Waals surface area contributed by atoms with Crippen molar-refractivity contribution in [3.8, 4) is 67.5 Å². The zero-order chi connectivity index (χ0) is 29.0. The Morgan fingerprint density at radius 2 is 0.791 bits per heavy atom. The molecule has 204 valence electrons. The lowest BCUT2D eigenvalue weighted by Gasteiger charge is -2.14. The number of nitrogens with zero attached hydrogens (tertiary/aromatic N) is 4. The Kier molecular flexibility index (Phi) is 7.08. The molecular formula is C39H28N4. The van der Waals surface area contributed by atoms with Crippen LogP contribution in [0.25, 0.3) is 67.5 Å². The Morgan fingerprint density at radius 3 is 1.37 bits per heavy atom. The largest absolute Gasteiger partial charge is 0.261 e. The fourth-order valence-electron chi connectivity index (χ4n) is 5.21. The van der Waals surface area contributed by atoms with Gasteiger partial charge in [0.1, 0.15) is 0 Å². The van der Waals surface area contributed by atoms with E-state index in [1.807, 2.05) is 61.7 Å². The first-order valence-electron chi connectivity index (χ1n) is 14.3. The smallest absolute Gasteiger partial charge is 0.165 e. The van der Waals surface area contributed by atoms with Crippen molar-refractivity contribution in [2.24, 2.45) is 0 Å². The van der Waals surface area contributed by atoms with Crippen LogP contribution in [0.5, 0.6) is 0 Å². The predicted octanol–water partition coefficient (Wildman–Crippen LogP) is 9.58. The van der Waals surface area contributed by atoms with Crippen molar-refractivity contribution in [3.63, 3.8) is 0 Å². The van der Waals surface area contributed by atoms with E-state index in [1.54, 1.807) is 0 Å². The SMILES string of the molecule is Cc1ccc(-c2nc(-c3ccccc3)nc(-c3ccc(-c4ccc(-c5ccccc5)cc4-c4ccccc4)cc3)n2)cn1. The first kappa shape index (κ1) is 26.2. The number of hydrogen-bond acceptors (Lipinski definition) is 4. The molecule has 0 spiro atoms. The monoisotopic (exact) mass is 552 g/mol. The second-order valence-electron chi connectivity index (χ2n) is 10.4. The fraction of sp³-hybridized carbons (Fsp3) is 0.0256. The summed E-state index contributed by atoms with van der Waals surface area (Å²) in [7, 11) is 0. The van der Waals surface area contributed by atoms with Gasteiger partial charge in [-0.1, -0.05) is 127 Å². The van der Waals surface area contributed by atoms with Crippen molar-refractivity contribution in [2.45, 2.75) is 6.92 Å². The highest BCUT2D eigenvalue weighted by Crippen LogP contribution is 2.36. The van der Waals surface area contributed by atoms with Gasteiger partial charge in [0.15, 0.2) is 17.5 Å². The maximum absolute atomic E-state index is 4.89. The van der Waals surface area contributed by atoms with E-state index in [0.29, 0.717) is 17.5 Å². The van der Waals surface area contributed by atoms with Crippen molar-refractivity contribution < 1.29 is 0 Å². The van der Waals surface area contributed by atoms with Gasteiger partial charge in [0.05, 0.1) is 0 Å². The molecule has 5 aromatic carbocycles. The van der Waals surface area contributed by atoms with E-state index in [0.717, 1.165) is 27.9 Å². The number of benzene rings is 5. The van der Waals surface area contributed by atoms with Crippen molar-refractivity contribution in [3.05, 3.63) is 157 Å². The van der Waals surface area contributed by atoms with Crippen LogP contribution in [0.3, 0.4) is 0 Å². The molecule has 0 amide bonds. The molecule has 0 atom stereocenters. The van der Waals surface area contributed by atoms with Gasteiger partial charge in [-0.25, -0.2) is 15.0 Å². The third-order valence-electron chi connectivity index (χ3n) is 7.50.